The Bertz CT molecular complexity index is 631. The van der Waals surface area contributed by atoms with Gasteiger partial charge >= 0.3 is 0 Å². The molecule has 7 heteroatoms. The number of anilines is 2. The molecule has 0 saturated carbocycles. The second-order valence-electron chi connectivity index (χ2n) is 3.71. The largest absolute Gasteiger partial charge is 0.355 e. The summed E-state index contributed by atoms with van der Waals surface area (Å²) in [7, 11) is 0. The van der Waals surface area contributed by atoms with Crippen molar-refractivity contribution >= 4 is 51.3 Å². The van der Waals surface area contributed by atoms with Gasteiger partial charge in [0.1, 0.15) is 5.82 Å². The Morgan fingerprint density at radius 2 is 1.95 bits per heavy atom. The number of hydrogen-bond acceptors (Lipinski definition) is 3. The van der Waals surface area contributed by atoms with Crippen LogP contribution in [-0.4, -0.2) is 4.92 Å². The Labute approximate surface area is 126 Å². The highest BCUT2D eigenvalue weighted by Gasteiger charge is 2.11. The summed E-state index contributed by atoms with van der Waals surface area (Å²) < 4.78 is 13.7. The van der Waals surface area contributed by atoms with Crippen LogP contribution in [0.4, 0.5) is 21.5 Å². The molecule has 0 unspecified atom stereocenters. The van der Waals surface area contributed by atoms with Gasteiger partial charge in [0.15, 0.2) is 0 Å². The number of nitrogens with zero attached hydrogens (tertiary/aromatic N) is 1. The van der Waals surface area contributed by atoms with E-state index in [2.05, 4.69) is 5.32 Å². The molecule has 0 bridgehead atoms. The molecule has 2 aromatic carbocycles. The molecule has 2 aromatic rings. The van der Waals surface area contributed by atoms with Crippen molar-refractivity contribution in [3.63, 3.8) is 0 Å². The lowest BCUT2D eigenvalue weighted by Gasteiger charge is -2.07. The van der Waals surface area contributed by atoms with Gasteiger partial charge in [-0.1, -0.05) is 11.6 Å². The van der Waals surface area contributed by atoms with E-state index in [4.69, 9.17) is 11.6 Å². The normalized spacial score (nSPS) is 10.3. The van der Waals surface area contributed by atoms with Gasteiger partial charge in [-0.05, 0) is 52.9 Å². The van der Waals surface area contributed by atoms with Crippen LogP contribution in [0.5, 0.6) is 0 Å². The first-order valence-corrected chi connectivity index (χ1v) is 6.58. The van der Waals surface area contributed by atoms with Crippen LogP contribution in [0.1, 0.15) is 0 Å². The molecule has 0 radical (unpaired) electrons. The molecule has 0 spiro atoms. The van der Waals surface area contributed by atoms with Crippen molar-refractivity contribution in [2.45, 2.75) is 0 Å². The fraction of sp³-hybridized carbons (Fsp3) is 0. The predicted octanol–water partition coefficient (Wildman–Crippen LogP) is 4.74. The molecule has 98 valence electrons. The molecule has 0 aliphatic carbocycles. The summed E-state index contributed by atoms with van der Waals surface area (Å²) >= 11 is 7.62. The molecule has 0 aliphatic rings. The van der Waals surface area contributed by atoms with Crippen molar-refractivity contribution < 1.29 is 9.31 Å². The van der Waals surface area contributed by atoms with Crippen LogP contribution in [0.2, 0.25) is 5.02 Å². The molecule has 0 saturated heterocycles. The highest BCUT2D eigenvalue weighted by atomic mass is 127. The van der Waals surface area contributed by atoms with Crippen molar-refractivity contribution in [2.24, 2.45) is 0 Å². The van der Waals surface area contributed by atoms with Gasteiger partial charge in [-0.3, -0.25) is 10.1 Å². The molecule has 4 nitrogen and oxygen atoms in total. The summed E-state index contributed by atoms with van der Waals surface area (Å²) in [6.07, 6.45) is 0. The third-order valence-corrected chi connectivity index (χ3v) is 3.38. The average Bonchev–Trinajstić information content (AvgIpc) is 2.26. The zero-order valence-corrected chi connectivity index (χ0v) is 12.3. The van der Waals surface area contributed by atoms with Gasteiger partial charge in [0.05, 0.1) is 8.49 Å². The van der Waals surface area contributed by atoms with E-state index in [0.717, 1.165) is 0 Å². The molecule has 0 atom stereocenters. The lowest BCUT2D eigenvalue weighted by molar-refractivity contribution is -0.385. The molecule has 19 heavy (non-hydrogen) atoms. The highest BCUT2D eigenvalue weighted by Crippen LogP contribution is 2.27. The number of benzene rings is 2. The average molecular weight is 393 g/mol. The van der Waals surface area contributed by atoms with Crippen LogP contribution < -0.4 is 5.32 Å². The van der Waals surface area contributed by atoms with Crippen LogP contribution in [0.25, 0.3) is 0 Å². The third-order valence-electron chi connectivity index (χ3n) is 2.30. The quantitative estimate of drug-likeness (QED) is 0.466. The summed E-state index contributed by atoms with van der Waals surface area (Å²) in [6.45, 7) is 0. The number of nitro benzene ring substituents is 1. The third kappa shape index (κ3) is 3.54. The minimum absolute atomic E-state index is 0.0309. The first kappa shape index (κ1) is 14.0. The monoisotopic (exact) mass is 392 g/mol. The van der Waals surface area contributed by atoms with Gasteiger partial charge < -0.3 is 5.32 Å². The lowest BCUT2D eigenvalue weighted by Crippen LogP contribution is -1.95. The molecule has 0 fully saturated rings. The number of nitro groups is 1. The van der Waals surface area contributed by atoms with Crippen LogP contribution in [0, 0.1) is 19.5 Å². The van der Waals surface area contributed by atoms with Crippen LogP contribution in [0.15, 0.2) is 36.4 Å². The minimum Gasteiger partial charge on any atom is -0.355 e. The van der Waals surface area contributed by atoms with E-state index in [-0.39, 0.29) is 10.7 Å². The Morgan fingerprint density at radius 1 is 1.21 bits per heavy atom. The van der Waals surface area contributed by atoms with E-state index in [1.165, 1.54) is 18.2 Å². The van der Waals surface area contributed by atoms with Crippen molar-refractivity contribution in [2.75, 3.05) is 5.32 Å². The molecule has 1 N–H and O–H groups in total. The summed E-state index contributed by atoms with van der Waals surface area (Å²) in [4.78, 5) is 10.2. The second kappa shape index (κ2) is 5.70. The first-order chi connectivity index (χ1) is 8.95. The van der Waals surface area contributed by atoms with Crippen molar-refractivity contribution in [1.29, 1.82) is 0 Å². The Kier molecular flexibility index (Phi) is 4.20. The van der Waals surface area contributed by atoms with Gasteiger partial charge in [-0.2, -0.15) is 0 Å². The van der Waals surface area contributed by atoms with E-state index in [1.54, 1.807) is 18.2 Å². The maximum atomic E-state index is 13.2. The van der Waals surface area contributed by atoms with Gasteiger partial charge in [0, 0.05) is 22.5 Å². The minimum atomic E-state index is -0.454. The standard InChI is InChI=1S/C12H7ClFIN2O2/c13-7-3-8(14)5-10(4-7)16-9-1-2-12(17(18)19)11(15)6-9/h1-6,16H. The van der Waals surface area contributed by atoms with E-state index >= 15 is 0 Å². The summed E-state index contributed by atoms with van der Waals surface area (Å²) in [5, 5.41) is 13.9. The zero-order valence-electron chi connectivity index (χ0n) is 9.36. The molecule has 0 amide bonds. The maximum absolute atomic E-state index is 13.2. The zero-order chi connectivity index (χ0) is 14.0. The van der Waals surface area contributed by atoms with E-state index in [9.17, 15) is 14.5 Å². The maximum Gasteiger partial charge on any atom is 0.282 e. The topological polar surface area (TPSA) is 55.2 Å². The predicted molar refractivity (Wildman–Crippen MR) is 80.5 cm³/mol. The summed E-state index contributed by atoms with van der Waals surface area (Å²) in [5.41, 5.74) is 1.13. The van der Waals surface area contributed by atoms with Gasteiger partial charge in [0.25, 0.3) is 5.69 Å². The van der Waals surface area contributed by atoms with Gasteiger partial charge in [-0.15, -0.1) is 0 Å². The van der Waals surface area contributed by atoms with Gasteiger partial charge in [0.2, 0.25) is 0 Å². The van der Waals surface area contributed by atoms with Crippen LogP contribution >= 0.6 is 34.2 Å². The summed E-state index contributed by atoms with van der Waals surface area (Å²) in [6, 6.07) is 8.62. The van der Waals surface area contributed by atoms with E-state index < -0.39 is 10.7 Å². The number of nitrogens with one attached hydrogen (secondary N) is 1. The fourth-order valence-electron chi connectivity index (χ4n) is 1.53. The van der Waals surface area contributed by atoms with Crippen LogP contribution in [-0.2, 0) is 0 Å². The Hall–Kier alpha value is -1.41. The lowest BCUT2D eigenvalue weighted by atomic mass is 10.2. The van der Waals surface area contributed by atoms with Crippen molar-refractivity contribution in [3.8, 4) is 0 Å². The van der Waals surface area contributed by atoms with Gasteiger partial charge in [-0.25, -0.2) is 4.39 Å². The van der Waals surface area contributed by atoms with E-state index in [1.807, 2.05) is 22.6 Å². The molecular weight excluding hydrogens is 385 g/mol. The van der Waals surface area contributed by atoms with Crippen LogP contribution in [0.3, 0.4) is 0 Å². The van der Waals surface area contributed by atoms with Crippen molar-refractivity contribution in [1.82, 2.24) is 0 Å². The van der Waals surface area contributed by atoms with E-state index in [0.29, 0.717) is 14.9 Å². The number of rotatable bonds is 3. The number of hydrogen-bond donors (Lipinski definition) is 1. The molecule has 0 aliphatic heterocycles. The Balaban J connectivity index is 2.28. The molecule has 0 aromatic heterocycles. The Morgan fingerprint density at radius 3 is 2.53 bits per heavy atom. The second-order valence-corrected chi connectivity index (χ2v) is 5.31. The molecule has 0 heterocycles. The molecular formula is C12H7ClFIN2O2. The highest BCUT2D eigenvalue weighted by molar-refractivity contribution is 14.1. The smallest absolute Gasteiger partial charge is 0.282 e. The molecule has 2 rings (SSSR count). The summed E-state index contributed by atoms with van der Waals surface area (Å²) in [5.74, 6) is -0.452. The van der Waals surface area contributed by atoms with Crippen molar-refractivity contribution in [3.05, 3.63) is 60.9 Å². The number of halogens is 3. The SMILES string of the molecule is O=[N+]([O-])c1ccc(Nc2cc(F)cc(Cl)c2)cc1I. The fourth-order valence-corrected chi connectivity index (χ4v) is 2.46. The first-order valence-electron chi connectivity index (χ1n) is 5.13.